The molecule has 0 atom stereocenters. The third-order valence-corrected chi connectivity index (χ3v) is 3.36. The molecule has 0 bridgehead atoms. The van der Waals surface area contributed by atoms with E-state index in [0.29, 0.717) is 10.0 Å². The fourth-order valence-corrected chi connectivity index (χ4v) is 2.18. The van der Waals surface area contributed by atoms with Crippen LogP contribution in [0.5, 0.6) is 0 Å². The van der Waals surface area contributed by atoms with Gasteiger partial charge in [-0.3, -0.25) is 0 Å². The first-order valence-electron chi connectivity index (χ1n) is 4.19. The van der Waals surface area contributed by atoms with Gasteiger partial charge in [-0.2, -0.15) is 0 Å². The van der Waals surface area contributed by atoms with Gasteiger partial charge in [0.05, 0.1) is 0 Å². The molecule has 0 aliphatic rings. The van der Waals surface area contributed by atoms with E-state index >= 15 is 0 Å². The Morgan fingerprint density at radius 1 is 1.29 bits per heavy atom. The van der Waals surface area contributed by atoms with E-state index in [-0.39, 0.29) is 0 Å². The fraction of sp³-hybridized carbons (Fsp3) is 0.100. The van der Waals surface area contributed by atoms with Crippen LogP contribution in [-0.4, -0.2) is 4.98 Å². The van der Waals surface area contributed by atoms with Gasteiger partial charge in [-0.1, -0.05) is 41.2 Å². The lowest BCUT2D eigenvalue weighted by Gasteiger charge is -1.95. The number of nitrogens with zero attached hydrogens (tertiary/aromatic N) is 1. The second-order valence-electron chi connectivity index (χ2n) is 3.07. The molecule has 0 spiro atoms. The van der Waals surface area contributed by atoms with Gasteiger partial charge in [-0.05, 0) is 6.92 Å². The lowest BCUT2D eigenvalue weighted by atomic mass is 10.2. The summed E-state index contributed by atoms with van der Waals surface area (Å²) in [5.41, 5.74) is 8.02. The molecule has 2 nitrogen and oxygen atoms in total. The summed E-state index contributed by atoms with van der Waals surface area (Å²) in [7, 11) is 0. The van der Waals surface area contributed by atoms with Crippen molar-refractivity contribution in [2.45, 2.75) is 11.9 Å². The molecule has 2 N–H and O–H groups in total. The average molecular weight is 222 g/mol. The van der Waals surface area contributed by atoms with Crippen molar-refractivity contribution in [1.29, 1.82) is 0 Å². The Hall–Kier alpha value is -1.00. The molecule has 1 aromatic carbocycles. The van der Waals surface area contributed by atoms with Crippen molar-refractivity contribution in [3.05, 3.63) is 29.8 Å². The number of hydrogen-bond donors (Lipinski definition) is 2. The lowest BCUT2D eigenvalue weighted by molar-refractivity contribution is 1.22. The Kier molecular flexibility index (Phi) is 2.48. The number of anilines is 1. The van der Waals surface area contributed by atoms with Gasteiger partial charge >= 0.3 is 0 Å². The number of aryl methyl sites for hydroxylation is 1. The highest BCUT2D eigenvalue weighted by Gasteiger charge is 2.06. The highest BCUT2D eigenvalue weighted by atomic mass is 32.1. The normalized spacial score (nSPS) is 10.4. The summed E-state index contributed by atoms with van der Waals surface area (Å²) >= 11 is 5.63. The van der Waals surface area contributed by atoms with E-state index in [4.69, 9.17) is 5.73 Å². The smallest absolute Gasteiger partial charge is 0.128 e. The molecule has 0 saturated carbocycles. The summed E-state index contributed by atoms with van der Waals surface area (Å²) < 4.78 is 0. The average Bonchev–Trinajstić information content (AvgIpc) is 2.48. The molecule has 0 saturated heterocycles. The first kappa shape index (κ1) is 9.55. The number of hydrogen-bond acceptors (Lipinski definition) is 4. The fourth-order valence-electron chi connectivity index (χ4n) is 1.14. The number of thiol groups is 1. The molecule has 4 heteroatoms. The zero-order valence-electron chi connectivity index (χ0n) is 7.69. The zero-order chi connectivity index (χ0) is 10.1. The molecule has 1 heterocycles. The van der Waals surface area contributed by atoms with Crippen LogP contribution < -0.4 is 5.73 Å². The number of rotatable bonds is 1. The van der Waals surface area contributed by atoms with Crippen LogP contribution in [0.25, 0.3) is 10.6 Å². The molecule has 0 radical (unpaired) electrons. The number of aromatic nitrogens is 1. The Morgan fingerprint density at radius 2 is 1.93 bits per heavy atom. The van der Waals surface area contributed by atoms with Crippen molar-refractivity contribution < 1.29 is 0 Å². The predicted octanol–water partition coefficient (Wildman–Crippen LogP) is 2.99. The quantitative estimate of drug-likeness (QED) is 0.728. The standard InChI is InChI=1S/C10H10N2S2/c1-6-2-4-7(5-3-6)10-12-9(13)8(11)14-10/h2-5,13H,11H2,1H3. The van der Waals surface area contributed by atoms with Gasteiger partial charge in [0, 0.05) is 5.56 Å². The van der Waals surface area contributed by atoms with Crippen LogP contribution in [0.1, 0.15) is 5.56 Å². The predicted molar refractivity (Wildman–Crippen MR) is 64.0 cm³/mol. The highest BCUT2D eigenvalue weighted by Crippen LogP contribution is 2.31. The number of benzene rings is 1. The first-order chi connectivity index (χ1) is 6.66. The maximum atomic E-state index is 5.69. The molecule has 14 heavy (non-hydrogen) atoms. The molecule has 2 aromatic rings. The van der Waals surface area contributed by atoms with E-state index in [1.165, 1.54) is 16.9 Å². The van der Waals surface area contributed by atoms with E-state index < -0.39 is 0 Å². The van der Waals surface area contributed by atoms with Crippen LogP contribution in [0.3, 0.4) is 0 Å². The maximum Gasteiger partial charge on any atom is 0.128 e. The summed E-state index contributed by atoms with van der Waals surface area (Å²) in [6.45, 7) is 2.06. The summed E-state index contributed by atoms with van der Waals surface area (Å²) in [4.78, 5) is 4.27. The molecule has 0 aliphatic carbocycles. The van der Waals surface area contributed by atoms with Crippen molar-refractivity contribution in [1.82, 2.24) is 4.98 Å². The van der Waals surface area contributed by atoms with Crippen molar-refractivity contribution >= 4 is 29.0 Å². The van der Waals surface area contributed by atoms with Crippen LogP contribution in [-0.2, 0) is 0 Å². The van der Waals surface area contributed by atoms with Crippen molar-refractivity contribution in [3.8, 4) is 10.6 Å². The number of thiazole rings is 1. The van der Waals surface area contributed by atoms with Crippen molar-refractivity contribution in [2.75, 3.05) is 5.73 Å². The van der Waals surface area contributed by atoms with Crippen molar-refractivity contribution in [2.24, 2.45) is 0 Å². The van der Waals surface area contributed by atoms with E-state index in [2.05, 4.69) is 36.7 Å². The SMILES string of the molecule is Cc1ccc(-c2nc(S)c(N)s2)cc1. The van der Waals surface area contributed by atoms with E-state index in [1.807, 2.05) is 12.1 Å². The second kappa shape index (κ2) is 3.63. The second-order valence-corrected chi connectivity index (χ2v) is 4.53. The topological polar surface area (TPSA) is 38.9 Å². The molecule has 2 rings (SSSR count). The zero-order valence-corrected chi connectivity index (χ0v) is 9.40. The minimum absolute atomic E-state index is 0.616. The summed E-state index contributed by atoms with van der Waals surface area (Å²) in [6, 6.07) is 8.21. The molecule has 72 valence electrons. The molecule has 0 amide bonds. The third-order valence-electron chi connectivity index (χ3n) is 1.93. The van der Waals surface area contributed by atoms with Gasteiger partial charge in [0.25, 0.3) is 0 Å². The molecular weight excluding hydrogens is 212 g/mol. The number of nitrogens with two attached hydrogens (primary N) is 1. The van der Waals surface area contributed by atoms with Crippen LogP contribution in [0.15, 0.2) is 29.3 Å². The van der Waals surface area contributed by atoms with Crippen LogP contribution in [0.2, 0.25) is 0 Å². The lowest BCUT2D eigenvalue weighted by Crippen LogP contribution is -1.78. The summed E-state index contributed by atoms with van der Waals surface area (Å²) in [5, 5.41) is 2.21. The Bertz CT molecular complexity index is 426. The van der Waals surface area contributed by atoms with Gasteiger partial charge in [0.15, 0.2) is 0 Å². The Labute approximate surface area is 92.2 Å². The van der Waals surface area contributed by atoms with Gasteiger partial charge in [0.2, 0.25) is 0 Å². The van der Waals surface area contributed by atoms with Crippen molar-refractivity contribution in [3.63, 3.8) is 0 Å². The van der Waals surface area contributed by atoms with Gasteiger partial charge in [0.1, 0.15) is 15.0 Å². The van der Waals surface area contributed by atoms with Crippen LogP contribution in [0, 0.1) is 6.92 Å². The molecule has 0 aliphatic heterocycles. The van der Waals surface area contributed by atoms with Gasteiger partial charge in [-0.15, -0.1) is 12.6 Å². The van der Waals surface area contributed by atoms with Gasteiger partial charge < -0.3 is 5.73 Å². The number of nitrogen functional groups attached to an aromatic ring is 1. The first-order valence-corrected chi connectivity index (χ1v) is 5.45. The molecular formula is C10H10N2S2. The minimum atomic E-state index is 0.616. The summed E-state index contributed by atoms with van der Waals surface area (Å²) in [6.07, 6.45) is 0. The Balaban J connectivity index is 2.44. The largest absolute Gasteiger partial charge is 0.388 e. The van der Waals surface area contributed by atoms with E-state index in [9.17, 15) is 0 Å². The molecule has 0 unspecified atom stereocenters. The van der Waals surface area contributed by atoms with E-state index in [1.54, 1.807) is 0 Å². The molecule has 1 aromatic heterocycles. The highest BCUT2D eigenvalue weighted by molar-refractivity contribution is 7.80. The monoisotopic (exact) mass is 222 g/mol. The van der Waals surface area contributed by atoms with E-state index in [0.717, 1.165) is 10.6 Å². The minimum Gasteiger partial charge on any atom is -0.388 e. The van der Waals surface area contributed by atoms with Gasteiger partial charge in [-0.25, -0.2) is 4.98 Å². The maximum absolute atomic E-state index is 5.69. The molecule has 0 fully saturated rings. The summed E-state index contributed by atoms with van der Waals surface area (Å²) in [5.74, 6) is 0. The van der Waals surface area contributed by atoms with Crippen LogP contribution in [0.4, 0.5) is 5.00 Å². The Morgan fingerprint density at radius 3 is 2.43 bits per heavy atom. The third kappa shape index (κ3) is 1.76. The van der Waals surface area contributed by atoms with Crippen LogP contribution >= 0.6 is 24.0 Å².